The number of sulfonamides is 1. The summed E-state index contributed by atoms with van der Waals surface area (Å²) >= 11 is 0. The van der Waals surface area contributed by atoms with Crippen molar-refractivity contribution in [3.05, 3.63) is 33.9 Å². The molecule has 162 valence electrons. The molecule has 0 saturated carbocycles. The number of amides is 1. The summed E-state index contributed by atoms with van der Waals surface area (Å²) in [5, 5.41) is 13.9. The van der Waals surface area contributed by atoms with E-state index in [4.69, 9.17) is 4.74 Å². The lowest BCUT2D eigenvalue weighted by Crippen LogP contribution is -2.48. The second-order valence-corrected chi connectivity index (χ2v) is 8.92. The van der Waals surface area contributed by atoms with Gasteiger partial charge in [0.2, 0.25) is 15.9 Å². The van der Waals surface area contributed by atoms with E-state index in [1.807, 2.05) is 0 Å². The first-order chi connectivity index (χ1) is 13.6. The van der Waals surface area contributed by atoms with Gasteiger partial charge in [-0.3, -0.25) is 24.1 Å². The highest BCUT2D eigenvalue weighted by Crippen LogP contribution is 2.29. The number of non-ortho nitro benzene ring substituents is 1. The van der Waals surface area contributed by atoms with Crippen molar-refractivity contribution in [3.8, 4) is 0 Å². The van der Waals surface area contributed by atoms with E-state index in [1.54, 1.807) is 6.92 Å². The molecular weight excluding hydrogens is 400 g/mol. The Balaban J connectivity index is 2.07. The van der Waals surface area contributed by atoms with Crippen LogP contribution in [0, 0.1) is 17.0 Å². The molecule has 1 aromatic carbocycles. The van der Waals surface area contributed by atoms with Crippen LogP contribution in [0.5, 0.6) is 0 Å². The van der Waals surface area contributed by atoms with Crippen LogP contribution in [0.1, 0.15) is 18.9 Å². The minimum absolute atomic E-state index is 0.123. The molecule has 1 heterocycles. The molecule has 1 aliphatic rings. The van der Waals surface area contributed by atoms with E-state index in [0.717, 1.165) is 36.6 Å². The zero-order valence-electron chi connectivity index (χ0n) is 17.0. The topological polar surface area (TPSA) is 122 Å². The number of nitrogens with one attached hydrogen (secondary N) is 1. The fourth-order valence-corrected chi connectivity index (χ4v) is 4.44. The van der Waals surface area contributed by atoms with Crippen molar-refractivity contribution < 1.29 is 22.9 Å². The Labute approximate surface area is 171 Å². The van der Waals surface area contributed by atoms with Crippen LogP contribution in [0.3, 0.4) is 0 Å². The number of anilines is 1. The maximum atomic E-state index is 12.6. The number of hydrogen-bond donors (Lipinski definition) is 1. The molecule has 10 nitrogen and oxygen atoms in total. The highest BCUT2D eigenvalue weighted by molar-refractivity contribution is 7.92. The monoisotopic (exact) mass is 428 g/mol. The van der Waals surface area contributed by atoms with Crippen LogP contribution in [0.2, 0.25) is 0 Å². The zero-order valence-corrected chi connectivity index (χ0v) is 17.8. The molecule has 0 spiro atoms. The van der Waals surface area contributed by atoms with E-state index >= 15 is 0 Å². The molecule has 1 amide bonds. The first-order valence-corrected chi connectivity index (χ1v) is 11.3. The van der Waals surface area contributed by atoms with E-state index in [1.165, 1.54) is 25.1 Å². The normalized spacial score (nSPS) is 16.2. The third-order valence-corrected chi connectivity index (χ3v) is 6.01. The lowest BCUT2D eigenvalue weighted by Gasteiger charge is -2.29. The highest BCUT2D eigenvalue weighted by atomic mass is 32.2. The number of nitrogens with zero attached hydrogens (tertiary/aromatic N) is 3. The summed E-state index contributed by atoms with van der Waals surface area (Å²) in [7, 11) is -3.85. The molecule has 0 aromatic heterocycles. The minimum atomic E-state index is -3.85. The number of morpholine rings is 1. The van der Waals surface area contributed by atoms with Crippen molar-refractivity contribution in [1.29, 1.82) is 0 Å². The SMILES string of the molecule is Cc1ccc([N+](=O)[O-])cc1N([C@@H](C)C(=O)NCCCN1CCOCC1)S(C)(=O)=O. The Morgan fingerprint density at radius 1 is 1.38 bits per heavy atom. The third-order valence-electron chi connectivity index (χ3n) is 4.78. The predicted octanol–water partition coefficient (Wildman–Crippen LogP) is 0.896. The first kappa shape index (κ1) is 23.0. The molecule has 0 bridgehead atoms. The van der Waals surface area contributed by atoms with Crippen molar-refractivity contribution in [2.75, 3.05) is 50.0 Å². The fraction of sp³-hybridized carbons (Fsp3) is 0.611. The van der Waals surface area contributed by atoms with Crippen molar-refractivity contribution >= 4 is 27.3 Å². The van der Waals surface area contributed by atoms with Crippen LogP contribution < -0.4 is 9.62 Å². The maximum Gasteiger partial charge on any atom is 0.271 e. The third kappa shape index (κ3) is 6.38. The Bertz CT molecular complexity index is 839. The molecule has 1 N–H and O–H groups in total. The number of aryl methyl sites for hydroxylation is 1. The first-order valence-electron chi connectivity index (χ1n) is 9.43. The molecule has 0 aliphatic carbocycles. The van der Waals surface area contributed by atoms with Crippen LogP contribution in [-0.2, 0) is 19.6 Å². The van der Waals surface area contributed by atoms with Crippen molar-refractivity contribution in [2.45, 2.75) is 26.3 Å². The Morgan fingerprint density at radius 3 is 2.62 bits per heavy atom. The largest absolute Gasteiger partial charge is 0.379 e. The zero-order chi connectivity index (χ0) is 21.6. The summed E-state index contributed by atoms with van der Waals surface area (Å²) < 4.78 is 31.0. The molecule has 11 heteroatoms. The van der Waals surface area contributed by atoms with Crippen LogP contribution >= 0.6 is 0 Å². The lowest BCUT2D eigenvalue weighted by molar-refractivity contribution is -0.384. The average Bonchev–Trinajstić information content (AvgIpc) is 2.66. The van der Waals surface area contributed by atoms with Gasteiger partial charge in [0, 0.05) is 31.8 Å². The number of carbonyl (C=O) groups is 1. The van der Waals surface area contributed by atoms with Gasteiger partial charge in [-0.15, -0.1) is 0 Å². The van der Waals surface area contributed by atoms with Crippen LogP contribution in [0.15, 0.2) is 18.2 Å². The Hall–Kier alpha value is -2.24. The van der Waals surface area contributed by atoms with E-state index in [9.17, 15) is 23.3 Å². The summed E-state index contributed by atoms with van der Waals surface area (Å²) in [5.74, 6) is -0.455. The number of hydrogen-bond acceptors (Lipinski definition) is 7. The summed E-state index contributed by atoms with van der Waals surface area (Å²) in [6.45, 7) is 7.46. The van der Waals surface area contributed by atoms with E-state index in [-0.39, 0.29) is 11.4 Å². The summed E-state index contributed by atoms with van der Waals surface area (Å²) in [5.41, 5.74) is 0.406. The fourth-order valence-electron chi connectivity index (χ4n) is 3.22. The van der Waals surface area contributed by atoms with Gasteiger partial charge in [-0.1, -0.05) is 6.07 Å². The molecule has 0 radical (unpaired) electrons. The molecule has 1 fully saturated rings. The van der Waals surface area contributed by atoms with Gasteiger partial charge in [0.1, 0.15) is 6.04 Å². The average molecular weight is 429 g/mol. The van der Waals surface area contributed by atoms with Crippen LogP contribution in [0.4, 0.5) is 11.4 Å². The van der Waals surface area contributed by atoms with Gasteiger partial charge in [0.25, 0.3) is 5.69 Å². The smallest absolute Gasteiger partial charge is 0.271 e. The van der Waals surface area contributed by atoms with E-state index < -0.39 is 26.9 Å². The van der Waals surface area contributed by atoms with Gasteiger partial charge in [-0.2, -0.15) is 0 Å². The standard InChI is InChI=1S/C18H28N4O6S/c1-14-5-6-16(22(24)25)13-17(14)21(29(3,26)27)15(2)18(23)19-7-4-8-20-9-11-28-12-10-20/h5-6,13,15H,4,7-12H2,1-3H3,(H,19,23)/t15-/m0/s1. The van der Waals surface area contributed by atoms with Gasteiger partial charge < -0.3 is 10.1 Å². The Morgan fingerprint density at radius 2 is 2.03 bits per heavy atom. The van der Waals surface area contributed by atoms with Crippen LogP contribution in [-0.4, -0.2) is 75.8 Å². The number of rotatable bonds is 9. The Kier molecular flexibility index (Phi) is 7.94. The molecule has 1 atom stereocenters. The number of benzene rings is 1. The van der Waals surface area contributed by atoms with E-state index in [0.29, 0.717) is 25.3 Å². The highest BCUT2D eigenvalue weighted by Gasteiger charge is 2.31. The molecule has 1 aromatic rings. The van der Waals surface area contributed by atoms with E-state index in [2.05, 4.69) is 10.2 Å². The van der Waals surface area contributed by atoms with Crippen molar-refractivity contribution in [3.63, 3.8) is 0 Å². The molecule has 29 heavy (non-hydrogen) atoms. The van der Waals surface area contributed by atoms with Crippen molar-refractivity contribution in [1.82, 2.24) is 10.2 Å². The summed E-state index contributed by atoms with van der Waals surface area (Å²) in [4.78, 5) is 25.3. The van der Waals surface area contributed by atoms with Crippen molar-refractivity contribution in [2.24, 2.45) is 0 Å². The van der Waals surface area contributed by atoms with Gasteiger partial charge in [0.05, 0.1) is 30.1 Å². The van der Waals surface area contributed by atoms with Crippen LogP contribution in [0.25, 0.3) is 0 Å². The van der Waals surface area contributed by atoms with Gasteiger partial charge >= 0.3 is 0 Å². The second-order valence-electron chi connectivity index (χ2n) is 7.06. The maximum absolute atomic E-state index is 12.6. The minimum Gasteiger partial charge on any atom is -0.379 e. The molecule has 1 saturated heterocycles. The number of ether oxygens (including phenoxy) is 1. The van der Waals surface area contributed by atoms with Gasteiger partial charge in [-0.05, 0) is 32.4 Å². The van der Waals surface area contributed by atoms with Gasteiger partial charge in [-0.25, -0.2) is 8.42 Å². The summed E-state index contributed by atoms with van der Waals surface area (Å²) in [6.07, 6.45) is 1.71. The quantitative estimate of drug-likeness (QED) is 0.352. The molecule has 0 unspecified atom stereocenters. The molecule has 1 aliphatic heterocycles. The second kappa shape index (κ2) is 9.99. The van der Waals surface area contributed by atoms with Gasteiger partial charge in [0.15, 0.2) is 0 Å². The number of carbonyl (C=O) groups excluding carboxylic acids is 1. The number of nitro benzene ring substituents is 1. The molecule has 2 rings (SSSR count). The molecular formula is C18H28N4O6S. The predicted molar refractivity (Wildman–Crippen MR) is 110 cm³/mol. The number of nitro groups is 1. The lowest BCUT2D eigenvalue weighted by atomic mass is 10.1. The summed E-state index contributed by atoms with van der Waals surface area (Å²) in [6, 6.07) is 2.90.